The van der Waals surface area contributed by atoms with Crippen molar-refractivity contribution in [1.29, 1.82) is 0 Å². The number of unbranched alkanes of at least 4 members (excludes halogenated alkanes) is 1. The highest BCUT2D eigenvalue weighted by atomic mass is 32.2. The summed E-state index contributed by atoms with van der Waals surface area (Å²) in [5.74, 6) is 1.29. The molecular formula is C10H21NS. The van der Waals surface area contributed by atoms with E-state index < -0.39 is 0 Å². The molecule has 0 fully saturated rings. The van der Waals surface area contributed by atoms with Crippen molar-refractivity contribution in [2.45, 2.75) is 32.2 Å². The first-order chi connectivity index (χ1) is 5.81. The monoisotopic (exact) mass is 187 g/mol. The standard InChI is InChI=1S/C10H21NS/c1-4-7-10(2)11-8-5-6-9-12-3/h4,10-11H,1,5-9H2,2-3H3. The highest BCUT2D eigenvalue weighted by molar-refractivity contribution is 7.98. The van der Waals surface area contributed by atoms with Gasteiger partial charge >= 0.3 is 0 Å². The van der Waals surface area contributed by atoms with E-state index in [1.54, 1.807) is 0 Å². The van der Waals surface area contributed by atoms with Crippen molar-refractivity contribution in [3.8, 4) is 0 Å². The summed E-state index contributed by atoms with van der Waals surface area (Å²) < 4.78 is 0. The minimum absolute atomic E-state index is 0.594. The molecule has 0 spiro atoms. The molecule has 0 aliphatic carbocycles. The quantitative estimate of drug-likeness (QED) is 0.463. The van der Waals surface area contributed by atoms with E-state index in [2.05, 4.69) is 25.1 Å². The predicted molar refractivity (Wildman–Crippen MR) is 59.9 cm³/mol. The Balaban J connectivity index is 3.02. The normalized spacial score (nSPS) is 12.8. The second kappa shape index (κ2) is 9.14. The van der Waals surface area contributed by atoms with Gasteiger partial charge in [-0.2, -0.15) is 11.8 Å². The number of hydrogen-bond acceptors (Lipinski definition) is 2. The maximum Gasteiger partial charge on any atom is 0.00731 e. The lowest BCUT2D eigenvalue weighted by molar-refractivity contribution is 0.539. The van der Waals surface area contributed by atoms with E-state index in [9.17, 15) is 0 Å². The van der Waals surface area contributed by atoms with Crippen molar-refractivity contribution in [1.82, 2.24) is 5.32 Å². The molecule has 0 aliphatic rings. The van der Waals surface area contributed by atoms with E-state index in [0.29, 0.717) is 6.04 Å². The average Bonchev–Trinajstić information content (AvgIpc) is 2.05. The third-order valence-corrected chi connectivity index (χ3v) is 2.49. The molecule has 0 radical (unpaired) electrons. The van der Waals surface area contributed by atoms with Gasteiger partial charge < -0.3 is 5.32 Å². The first-order valence-electron chi connectivity index (χ1n) is 4.64. The van der Waals surface area contributed by atoms with Crippen LogP contribution in [0.15, 0.2) is 12.7 Å². The topological polar surface area (TPSA) is 12.0 Å². The molecule has 1 N–H and O–H groups in total. The van der Waals surface area contributed by atoms with Crippen LogP contribution >= 0.6 is 11.8 Å². The van der Waals surface area contributed by atoms with Gasteiger partial charge in [-0.05, 0) is 44.7 Å². The van der Waals surface area contributed by atoms with E-state index in [1.807, 2.05) is 17.8 Å². The molecule has 72 valence electrons. The van der Waals surface area contributed by atoms with Gasteiger partial charge in [0, 0.05) is 6.04 Å². The first kappa shape index (κ1) is 12.0. The summed E-state index contributed by atoms with van der Waals surface area (Å²) in [5.41, 5.74) is 0. The molecule has 1 unspecified atom stereocenters. The molecule has 0 saturated carbocycles. The predicted octanol–water partition coefficient (Wildman–Crippen LogP) is 2.68. The maximum absolute atomic E-state index is 3.71. The van der Waals surface area contributed by atoms with E-state index in [1.165, 1.54) is 18.6 Å². The molecule has 0 bridgehead atoms. The number of nitrogens with one attached hydrogen (secondary N) is 1. The fraction of sp³-hybridized carbons (Fsp3) is 0.800. The van der Waals surface area contributed by atoms with Crippen molar-refractivity contribution >= 4 is 11.8 Å². The highest BCUT2D eigenvalue weighted by Crippen LogP contribution is 1.98. The lowest BCUT2D eigenvalue weighted by Crippen LogP contribution is -2.26. The molecule has 2 heteroatoms. The SMILES string of the molecule is C=CCC(C)NCCCCSC. The Morgan fingerprint density at radius 1 is 1.50 bits per heavy atom. The van der Waals surface area contributed by atoms with Crippen LogP contribution in [0.5, 0.6) is 0 Å². The van der Waals surface area contributed by atoms with Crippen LogP contribution in [0, 0.1) is 0 Å². The highest BCUT2D eigenvalue weighted by Gasteiger charge is 1.96. The van der Waals surface area contributed by atoms with Crippen molar-refractivity contribution < 1.29 is 0 Å². The molecule has 0 heterocycles. The van der Waals surface area contributed by atoms with E-state index in [0.717, 1.165) is 13.0 Å². The fourth-order valence-electron chi connectivity index (χ4n) is 1.05. The zero-order valence-electron chi connectivity index (χ0n) is 8.31. The van der Waals surface area contributed by atoms with Crippen LogP contribution in [-0.2, 0) is 0 Å². The Bertz CT molecular complexity index is 104. The van der Waals surface area contributed by atoms with Gasteiger partial charge in [0.05, 0.1) is 0 Å². The van der Waals surface area contributed by atoms with Gasteiger partial charge in [-0.25, -0.2) is 0 Å². The summed E-state index contributed by atoms with van der Waals surface area (Å²) in [6.07, 6.45) is 7.83. The summed E-state index contributed by atoms with van der Waals surface area (Å²) in [5, 5.41) is 3.46. The van der Waals surface area contributed by atoms with E-state index >= 15 is 0 Å². The van der Waals surface area contributed by atoms with Crippen molar-refractivity contribution in [2.24, 2.45) is 0 Å². The first-order valence-corrected chi connectivity index (χ1v) is 6.04. The Morgan fingerprint density at radius 3 is 2.83 bits per heavy atom. The van der Waals surface area contributed by atoms with Crippen LogP contribution in [0.3, 0.4) is 0 Å². The molecule has 0 aromatic carbocycles. The van der Waals surface area contributed by atoms with Crippen LogP contribution in [0.2, 0.25) is 0 Å². The Hall–Kier alpha value is 0.0500. The van der Waals surface area contributed by atoms with E-state index in [-0.39, 0.29) is 0 Å². The van der Waals surface area contributed by atoms with Crippen LogP contribution in [0.1, 0.15) is 26.2 Å². The van der Waals surface area contributed by atoms with Gasteiger partial charge in [-0.1, -0.05) is 6.08 Å². The molecule has 12 heavy (non-hydrogen) atoms. The molecule has 0 rings (SSSR count). The zero-order chi connectivity index (χ0) is 9.23. The second-order valence-corrected chi connectivity index (χ2v) is 4.07. The fourth-order valence-corrected chi connectivity index (χ4v) is 1.55. The minimum Gasteiger partial charge on any atom is -0.314 e. The summed E-state index contributed by atoms with van der Waals surface area (Å²) in [6.45, 7) is 7.07. The van der Waals surface area contributed by atoms with Crippen molar-refractivity contribution in [2.75, 3.05) is 18.6 Å². The van der Waals surface area contributed by atoms with Gasteiger partial charge in [0.1, 0.15) is 0 Å². The molecule has 0 amide bonds. The third kappa shape index (κ3) is 8.15. The van der Waals surface area contributed by atoms with Crippen LogP contribution in [0.4, 0.5) is 0 Å². The lowest BCUT2D eigenvalue weighted by Gasteiger charge is -2.10. The van der Waals surface area contributed by atoms with Crippen LogP contribution < -0.4 is 5.32 Å². The Kier molecular flexibility index (Phi) is 9.18. The summed E-state index contributed by atoms with van der Waals surface area (Å²) in [6, 6.07) is 0.594. The van der Waals surface area contributed by atoms with Crippen molar-refractivity contribution in [3.05, 3.63) is 12.7 Å². The molecule has 0 aromatic heterocycles. The van der Waals surface area contributed by atoms with Gasteiger partial charge in [-0.15, -0.1) is 6.58 Å². The molecule has 0 saturated heterocycles. The molecular weight excluding hydrogens is 166 g/mol. The van der Waals surface area contributed by atoms with Crippen LogP contribution in [-0.4, -0.2) is 24.6 Å². The second-order valence-electron chi connectivity index (χ2n) is 3.08. The molecule has 0 aliphatic heterocycles. The van der Waals surface area contributed by atoms with Crippen LogP contribution in [0.25, 0.3) is 0 Å². The third-order valence-electron chi connectivity index (χ3n) is 1.79. The summed E-state index contributed by atoms with van der Waals surface area (Å²) >= 11 is 1.93. The number of rotatable bonds is 8. The Labute approximate surface area is 81.0 Å². The largest absolute Gasteiger partial charge is 0.314 e. The smallest absolute Gasteiger partial charge is 0.00731 e. The average molecular weight is 187 g/mol. The van der Waals surface area contributed by atoms with Crippen molar-refractivity contribution in [3.63, 3.8) is 0 Å². The zero-order valence-corrected chi connectivity index (χ0v) is 9.12. The lowest BCUT2D eigenvalue weighted by atomic mass is 10.2. The number of thioether (sulfide) groups is 1. The van der Waals surface area contributed by atoms with Gasteiger partial charge in [0.15, 0.2) is 0 Å². The van der Waals surface area contributed by atoms with Gasteiger partial charge in [0.25, 0.3) is 0 Å². The summed E-state index contributed by atoms with van der Waals surface area (Å²) in [7, 11) is 0. The van der Waals surface area contributed by atoms with Gasteiger partial charge in [0.2, 0.25) is 0 Å². The molecule has 1 atom stereocenters. The minimum atomic E-state index is 0.594. The number of hydrogen-bond donors (Lipinski definition) is 1. The summed E-state index contributed by atoms with van der Waals surface area (Å²) in [4.78, 5) is 0. The maximum atomic E-state index is 3.71. The Morgan fingerprint density at radius 2 is 2.25 bits per heavy atom. The van der Waals surface area contributed by atoms with E-state index in [4.69, 9.17) is 0 Å². The molecule has 1 nitrogen and oxygen atoms in total. The van der Waals surface area contributed by atoms with Gasteiger partial charge in [-0.3, -0.25) is 0 Å². The molecule has 0 aromatic rings.